The highest BCUT2D eigenvalue weighted by Gasteiger charge is 2.11. The molecule has 2 aromatic carbocycles. The summed E-state index contributed by atoms with van der Waals surface area (Å²) in [6, 6.07) is 6.85. The first-order valence-corrected chi connectivity index (χ1v) is 6.56. The van der Waals surface area contributed by atoms with Gasteiger partial charge in [-0.15, -0.1) is 0 Å². The molecule has 19 heavy (non-hydrogen) atoms. The Morgan fingerprint density at radius 1 is 0.842 bits per heavy atom. The second-order valence-electron chi connectivity index (χ2n) is 4.63. The molecule has 0 spiro atoms. The van der Waals surface area contributed by atoms with Crippen LogP contribution in [0, 0.1) is 13.8 Å². The van der Waals surface area contributed by atoms with E-state index in [1.165, 1.54) is 0 Å². The Morgan fingerprint density at radius 2 is 1.26 bits per heavy atom. The lowest BCUT2D eigenvalue weighted by atomic mass is 10.1. The molecule has 0 fully saturated rings. The van der Waals surface area contributed by atoms with E-state index >= 15 is 0 Å². The van der Waals surface area contributed by atoms with Gasteiger partial charge in [-0.1, -0.05) is 23.2 Å². The van der Waals surface area contributed by atoms with Crippen LogP contribution in [-0.4, -0.2) is 0 Å². The van der Waals surface area contributed by atoms with E-state index < -0.39 is 0 Å². The van der Waals surface area contributed by atoms with Crippen molar-refractivity contribution in [2.45, 2.75) is 13.8 Å². The first-order chi connectivity index (χ1) is 8.97. The highest BCUT2D eigenvalue weighted by Crippen LogP contribution is 2.27. The van der Waals surface area contributed by atoms with Crippen LogP contribution < -0.4 is 5.43 Å². The molecular formula is C15H10Cl2O2. The molecule has 0 N–H and O–H groups in total. The Morgan fingerprint density at radius 3 is 1.68 bits per heavy atom. The third kappa shape index (κ3) is 1.92. The normalized spacial score (nSPS) is 11.4. The third-order valence-corrected chi connectivity index (χ3v) is 4.05. The molecule has 4 heteroatoms. The van der Waals surface area contributed by atoms with Crippen LogP contribution in [0.3, 0.4) is 0 Å². The van der Waals surface area contributed by atoms with Crippen LogP contribution in [0.4, 0.5) is 0 Å². The largest absolute Gasteiger partial charge is 0.456 e. The van der Waals surface area contributed by atoms with Crippen molar-refractivity contribution in [3.63, 3.8) is 0 Å². The molecule has 3 rings (SSSR count). The van der Waals surface area contributed by atoms with Crippen LogP contribution in [0.25, 0.3) is 21.9 Å². The van der Waals surface area contributed by atoms with Gasteiger partial charge in [-0.25, -0.2) is 0 Å². The smallest absolute Gasteiger partial charge is 0.200 e. The van der Waals surface area contributed by atoms with Crippen LogP contribution in [0.1, 0.15) is 11.1 Å². The van der Waals surface area contributed by atoms with E-state index in [4.69, 9.17) is 27.6 Å². The summed E-state index contributed by atoms with van der Waals surface area (Å²) >= 11 is 12.1. The minimum atomic E-state index is -0.111. The van der Waals surface area contributed by atoms with E-state index in [1.54, 1.807) is 24.3 Å². The first-order valence-electron chi connectivity index (χ1n) is 5.80. The van der Waals surface area contributed by atoms with E-state index in [-0.39, 0.29) is 5.43 Å². The van der Waals surface area contributed by atoms with Gasteiger partial charge in [0.05, 0.1) is 10.8 Å². The van der Waals surface area contributed by atoms with E-state index in [2.05, 4.69) is 0 Å². The molecule has 0 radical (unpaired) electrons. The zero-order valence-electron chi connectivity index (χ0n) is 10.4. The van der Waals surface area contributed by atoms with Gasteiger partial charge in [0.1, 0.15) is 11.2 Å². The van der Waals surface area contributed by atoms with Crippen molar-refractivity contribution in [1.82, 2.24) is 0 Å². The Balaban J connectivity index is 2.56. The first kappa shape index (κ1) is 12.5. The molecule has 1 heterocycles. The zero-order chi connectivity index (χ0) is 13.7. The fourth-order valence-electron chi connectivity index (χ4n) is 2.10. The molecular weight excluding hydrogens is 283 g/mol. The fourth-order valence-corrected chi connectivity index (χ4v) is 2.42. The van der Waals surface area contributed by atoms with Crippen LogP contribution >= 0.6 is 23.2 Å². The van der Waals surface area contributed by atoms with Crippen molar-refractivity contribution in [3.8, 4) is 0 Å². The number of aryl methyl sites for hydroxylation is 2. The lowest BCUT2D eigenvalue weighted by Gasteiger charge is -2.05. The number of benzene rings is 2. The average molecular weight is 293 g/mol. The number of rotatable bonds is 0. The van der Waals surface area contributed by atoms with Crippen molar-refractivity contribution < 1.29 is 4.42 Å². The van der Waals surface area contributed by atoms with E-state index in [0.717, 1.165) is 11.1 Å². The lowest BCUT2D eigenvalue weighted by Crippen LogP contribution is -2.02. The second kappa shape index (κ2) is 4.26. The molecule has 0 unspecified atom stereocenters. The van der Waals surface area contributed by atoms with E-state index in [1.807, 2.05) is 13.8 Å². The van der Waals surface area contributed by atoms with Crippen LogP contribution in [0.2, 0.25) is 10.0 Å². The molecule has 0 aliphatic rings. The van der Waals surface area contributed by atoms with Gasteiger partial charge >= 0.3 is 0 Å². The minimum absolute atomic E-state index is 0.111. The summed E-state index contributed by atoms with van der Waals surface area (Å²) in [6.07, 6.45) is 0. The van der Waals surface area contributed by atoms with Gasteiger partial charge in [-0.3, -0.25) is 4.79 Å². The van der Waals surface area contributed by atoms with Gasteiger partial charge in [-0.05, 0) is 49.2 Å². The van der Waals surface area contributed by atoms with Crippen molar-refractivity contribution in [3.05, 3.63) is 55.7 Å². The summed E-state index contributed by atoms with van der Waals surface area (Å²) in [4.78, 5) is 12.4. The highest BCUT2D eigenvalue weighted by atomic mass is 35.5. The maximum atomic E-state index is 12.4. The van der Waals surface area contributed by atoms with Gasteiger partial charge in [0.15, 0.2) is 0 Å². The number of hydrogen-bond donors (Lipinski definition) is 0. The molecule has 96 valence electrons. The van der Waals surface area contributed by atoms with Gasteiger partial charge in [0.2, 0.25) is 5.43 Å². The Labute approximate surface area is 119 Å². The maximum Gasteiger partial charge on any atom is 0.200 e. The zero-order valence-corrected chi connectivity index (χ0v) is 11.9. The summed E-state index contributed by atoms with van der Waals surface area (Å²) in [7, 11) is 0. The van der Waals surface area contributed by atoms with Crippen LogP contribution in [0.15, 0.2) is 33.5 Å². The molecule has 0 aliphatic heterocycles. The molecule has 0 amide bonds. The van der Waals surface area contributed by atoms with Crippen molar-refractivity contribution in [2.24, 2.45) is 0 Å². The number of fused-ring (bicyclic) bond motifs is 2. The maximum absolute atomic E-state index is 12.4. The standard InChI is InChI=1S/C15H10Cl2O2/c1-7-3-13-9(5-11(7)16)15(18)10-6-12(17)8(2)4-14(10)19-13/h3-6H,1-2H3. The fraction of sp³-hybridized carbons (Fsp3) is 0.133. The van der Waals surface area contributed by atoms with E-state index in [0.29, 0.717) is 32.0 Å². The van der Waals surface area contributed by atoms with E-state index in [9.17, 15) is 4.79 Å². The van der Waals surface area contributed by atoms with Gasteiger partial charge < -0.3 is 4.42 Å². The van der Waals surface area contributed by atoms with Crippen LogP contribution in [-0.2, 0) is 0 Å². The third-order valence-electron chi connectivity index (χ3n) is 3.23. The number of halogens is 2. The summed E-state index contributed by atoms with van der Waals surface area (Å²) in [5.74, 6) is 0. The van der Waals surface area contributed by atoms with Gasteiger partial charge in [0, 0.05) is 10.0 Å². The molecule has 0 saturated heterocycles. The molecule has 0 aliphatic carbocycles. The Bertz CT molecular complexity index is 810. The SMILES string of the molecule is Cc1cc2oc3cc(C)c(Cl)cc3c(=O)c2cc1Cl. The molecule has 0 atom stereocenters. The second-order valence-corrected chi connectivity index (χ2v) is 5.44. The summed E-state index contributed by atoms with van der Waals surface area (Å²) < 4.78 is 5.78. The van der Waals surface area contributed by atoms with Crippen molar-refractivity contribution in [1.29, 1.82) is 0 Å². The quantitative estimate of drug-likeness (QED) is 0.553. The molecule has 0 saturated carbocycles. The molecule has 3 aromatic rings. The predicted octanol–water partition coefficient (Wildman–Crippen LogP) is 4.87. The average Bonchev–Trinajstić information content (AvgIpc) is 2.35. The lowest BCUT2D eigenvalue weighted by molar-refractivity contribution is 0.659. The predicted molar refractivity (Wildman–Crippen MR) is 79.5 cm³/mol. The van der Waals surface area contributed by atoms with Crippen molar-refractivity contribution >= 4 is 45.1 Å². The minimum Gasteiger partial charge on any atom is -0.456 e. The summed E-state index contributed by atoms with van der Waals surface area (Å²) in [5, 5.41) is 2.06. The monoisotopic (exact) mass is 292 g/mol. The molecule has 0 bridgehead atoms. The number of hydrogen-bond acceptors (Lipinski definition) is 2. The van der Waals surface area contributed by atoms with Crippen LogP contribution in [0.5, 0.6) is 0 Å². The highest BCUT2D eigenvalue weighted by molar-refractivity contribution is 6.32. The Hall–Kier alpha value is -1.51. The summed E-state index contributed by atoms with van der Waals surface area (Å²) in [5.41, 5.74) is 2.73. The van der Waals surface area contributed by atoms with Gasteiger partial charge in [0.25, 0.3) is 0 Å². The van der Waals surface area contributed by atoms with Gasteiger partial charge in [-0.2, -0.15) is 0 Å². The topological polar surface area (TPSA) is 30.2 Å². The molecule has 1 aromatic heterocycles. The summed E-state index contributed by atoms with van der Waals surface area (Å²) in [6.45, 7) is 3.75. The van der Waals surface area contributed by atoms with Crippen molar-refractivity contribution in [2.75, 3.05) is 0 Å². The Kier molecular flexibility index (Phi) is 2.80. The molecule has 2 nitrogen and oxygen atoms in total.